The Labute approximate surface area is 106 Å². The fourth-order valence-corrected chi connectivity index (χ4v) is 3.47. The van der Waals surface area contributed by atoms with Crippen LogP contribution in [0.1, 0.15) is 32.6 Å². The van der Waals surface area contributed by atoms with E-state index >= 15 is 0 Å². The Balaban J connectivity index is 1.72. The van der Waals surface area contributed by atoms with Gasteiger partial charge in [0.2, 0.25) is 0 Å². The molecule has 0 bridgehead atoms. The van der Waals surface area contributed by atoms with Gasteiger partial charge < -0.3 is 5.32 Å². The average molecular weight is 246 g/mol. The minimum atomic E-state index is 0.672. The maximum absolute atomic E-state index is 4.31. The number of rotatable bonds is 3. The van der Waals surface area contributed by atoms with E-state index in [-0.39, 0.29) is 0 Å². The second-order valence-electron chi connectivity index (χ2n) is 4.96. The van der Waals surface area contributed by atoms with Crippen molar-refractivity contribution in [2.24, 2.45) is 5.92 Å². The number of hydrogen-bond acceptors (Lipinski definition) is 3. The summed E-state index contributed by atoms with van der Waals surface area (Å²) in [6.07, 6.45) is 5.36. The summed E-state index contributed by atoms with van der Waals surface area (Å²) in [5.74, 6) is 0.930. The molecule has 1 aliphatic rings. The molecule has 0 saturated heterocycles. The summed E-state index contributed by atoms with van der Waals surface area (Å²) in [5, 5.41) is 3.67. The normalized spacial score (nSPS) is 24.3. The first-order chi connectivity index (χ1) is 8.35. The van der Waals surface area contributed by atoms with Gasteiger partial charge in [-0.25, -0.2) is 4.98 Å². The third-order valence-electron chi connectivity index (χ3n) is 3.82. The largest absolute Gasteiger partial charge is 0.382 e. The predicted octanol–water partition coefficient (Wildman–Crippen LogP) is 4.29. The van der Waals surface area contributed by atoms with Gasteiger partial charge in [-0.05, 0) is 43.4 Å². The van der Waals surface area contributed by atoms with Crippen molar-refractivity contribution >= 4 is 27.2 Å². The molecular formula is C14H18N2S. The number of anilines is 1. The molecule has 0 spiro atoms. The van der Waals surface area contributed by atoms with E-state index in [1.807, 2.05) is 5.51 Å². The molecule has 1 aliphatic carbocycles. The molecule has 90 valence electrons. The molecule has 2 atom stereocenters. The molecule has 3 rings (SSSR count). The van der Waals surface area contributed by atoms with Crippen LogP contribution >= 0.6 is 11.3 Å². The summed E-state index contributed by atoms with van der Waals surface area (Å²) < 4.78 is 1.28. The molecule has 1 fully saturated rings. The van der Waals surface area contributed by atoms with Crippen molar-refractivity contribution in [3.63, 3.8) is 0 Å². The molecular weight excluding hydrogens is 228 g/mol. The maximum atomic E-state index is 4.31. The van der Waals surface area contributed by atoms with E-state index in [0.717, 1.165) is 11.4 Å². The lowest BCUT2D eigenvalue weighted by Gasteiger charge is -2.14. The summed E-state index contributed by atoms with van der Waals surface area (Å²) in [4.78, 5) is 4.31. The smallest absolute Gasteiger partial charge is 0.0813 e. The quantitative estimate of drug-likeness (QED) is 0.874. The number of benzene rings is 1. The highest BCUT2D eigenvalue weighted by molar-refractivity contribution is 7.16. The van der Waals surface area contributed by atoms with Crippen molar-refractivity contribution in [1.82, 2.24) is 4.98 Å². The number of aromatic nitrogens is 1. The molecule has 2 nitrogen and oxygen atoms in total. The summed E-state index contributed by atoms with van der Waals surface area (Å²) in [6, 6.07) is 7.17. The Bertz CT molecular complexity index is 506. The van der Waals surface area contributed by atoms with Gasteiger partial charge in [-0.15, -0.1) is 11.3 Å². The van der Waals surface area contributed by atoms with E-state index in [2.05, 4.69) is 35.4 Å². The van der Waals surface area contributed by atoms with Gasteiger partial charge in [0.05, 0.1) is 15.7 Å². The Morgan fingerprint density at radius 1 is 1.41 bits per heavy atom. The van der Waals surface area contributed by atoms with Gasteiger partial charge in [0.25, 0.3) is 0 Å². The molecule has 1 heterocycles. The zero-order chi connectivity index (χ0) is 11.7. The summed E-state index contributed by atoms with van der Waals surface area (Å²) in [7, 11) is 0. The minimum Gasteiger partial charge on any atom is -0.382 e. The lowest BCUT2D eigenvalue weighted by Crippen LogP contribution is -2.15. The fourth-order valence-electron chi connectivity index (χ4n) is 2.76. The van der Waals surface area contributed by atoms with E-state index in [9.17, 15) is 0 Å². The van der Waals surface area contributed by atoms with Crippen molar-refractivity contribution < 1.29 is 0 Å². The summed E-state index contributed by atoms with van der Waals surface area (Å²) in [6.45, 7) is 2.30. The topological polar surface area (TPSA) is 24.9 Å². The van der Waals surface area contributed by atoms with Gasteiger partial charge in [0.1, 0.15) is 0 Å². The number of hydrogen-bond donors (Lipinski definition) is 1. The summed E-state index contributed by atoms with van der Waals surface area (Å²) >= 11 is 1.71. The van der Waals surface area contributed by atoms with E-state index in [4.69, 9.17) is 0 Å². The second kappa shape index (κ2) is 4.65. The van der Waals surface area contributed by atoms with Gasteiger partial charge in [0.15, 0.2) is 0 Å². The zero-order valence-electron chi connectivity index (χ0n) is 10.1. The molecule has 0 amide bonds. The molecule has 1 saturated carbocycles. The third kappa shape index (κ3) is 2.29. The first kappa shape index (κ1) is 11.0. The molecule has 2 aromatic rings. The minimum absolute atomic E-state index is 0.672. The van der Waals surface area contributed by atoms with Gasteiger partial charge in [0, 0.05) is 11.7 Å². The van der Waals surface area contributed by atoms with Crippen LogP contribution in [0, 0.1) is 5.92 Å². The number of thiazole rings is 1. The Kier molecular flexibility index (Phi) is 3.02. The standard InChI is InChI=1S/C14H18N2S/c1-2-10-3-4-11(7-10)16-12-5-6-13-14(8-12)17-9-15-13/h5-6,8-11,16H,2-4,7H2,1H3. The van der Waals surface area contributed by atoms with Crippen LogP contribution in [0.5, 0.6) is 0 Å². The Morgan fingerprint density at radius 3 is 3.18 bits per heavy atom. The van der Waals surface area contributed by atoms with E-state index in [0.29, 0.717) is 6.04 Å². The van der Waals surface area contributed by atoms with Crippen molar-refractivity contribution in [2.75, 3.05) is 5.32 Å². The SMILES string of the molecule is CCC1CCC(Nc2ccc3ncsc3c2)C1. The van der Waals surface area contributed by atoms with Gasteiger partial charge in [-0.3, -0.25) is 0 Å². The highest BCUT2D eigenvalue weighted by atomic mass is 32.1. The van der Waals surface area contributed by atoms with Gasteiger partial charge in [-0.1, -0.05) is 13.3 Å². The van der Waals surface area contributed by atoms with E-state index in [1.165, 1.54) is 36.1 Å². The van der Waals surface area contributed by atoms with E-state index in [1.54, 1.807) is 11.3 Å². The van der Waals surface area contributed by atoms with Crippen molar-refractivity contribution in [3.8, 4) is 0 Å². The predicted molar refractivity (Wildman–Crippen MR) is 74.7 cm³/mol. The molecule has 2 unspecified atom stereocenters. The highest BCUT2D eigenvalue weighted by Gasteiger charge is 2.22. The first-order valence-electron chi connectivity index (χ1n) is 6.45. The van der Waals surface area contributed by atoms with Crippen LogP contribution in [0.2, 0.25) is 0 Å². The Hall–Kier alpha value is -1.09. The monoisotopic (exact) mass is 246 g/mol. The van der Waals surface area contributed by atoms with Gasteiger partial charge >= 0.3 is 0 Å². The van der Waals surface area contributed by atoms with Crippen LogP contribution in [0.25, 0.3) is 10.2 Å². The number of fused-ring (bicyclic) bond motifs is 1. The van der Waals surface area contributed by atoms with Crippen LogP contribution in [-0.2, 0) is 0 Å². The van der Waals surface area contributed by atoms with Crippen LogP contribution in [-0.4, -0.2) is 11.0 Å². The molecule has 1 N–H and O–H groups in total. The molecule has 0 aliphatic heterocycles. The fraction of sp³-hybridized carbons (Fsp3) is 0.500. The van der Waals surface area contributed by atoms with Crippen LogP contribution in [0.15, 0.2) is 23.7 Å². The molecule has 17 heavy (non-hydrogen) atoms. The lowest BCUT2D eigenvalue weighted by molar-refractivity contribution is 0.525. The number of nitrogens with one attached hydrogen (secondary N) is 1. The van der Waals surface area contributed by atoms with E-state index < -0.39 is 0 Å². The van der Waals surface area contributed by atoms with Crippen molar-refractivity contribution in [1.29, 1.82) is 0 Å². The molecule has 1 aromatic heterocycles. The second-order valence-corrected chi connectivity index (χ2v) is 5.85. The molecule has 3 heteroatoms. The number of nitrogens with zero attached hydrogens (tertiary/aromatic N) is 1. The highest BCUT2D eigenvalue weighted by Crippen LogP contribution is 2.31. The summed E-state index contributed by atoms with van der Waals surface area (Å²) in [5.41, 5.74) is 4.28. The first-order valence-corrected chi connectivity index (χ1v) is 7.33. The lowest BCUT2D eigenvalue weighted by atomic mass is 10.1. The van der Waals surface area contributed by atoms with Gasteiger partial charge in [-0.2, -0.15) is 0 Å². The van der Waals surface area contributed by atoms with Crippen LogP contribution < -0.4 is 5.32 Å². The van der Waals surface area contributed by atoms with Crippen molar-refractivity contribution in [2.45, 2.75) is 38.6 Å². The maximum Gasteiger partial charge on any atom is 0.0813 e. The van der Waals surface area contributed by atoms with Crippen LogP contribution in [0.4, 0.5) is 5.69 Å². The van der Waals surface area contributed by atoms with Crippen molar-refractivity contribution in [3.05, 3.63) is 23.7 Å². The molecule has 0 radical (unpaired) electrons. The third-order valence-corrected chi connectivity index (χ3v) is 4.61. The average Bonchev–Trinajstić information content (AvgIpc) is 2.96. The van der Waals surface area contributed by atoms with Crippen LogP contribution in [0.3, 0.4) is 0 Å². The Morgan fingerprint density at radius 2 is 2.35 bits per heavy atom. The molecule has 1 aromatic carbocycles. The zero-order valence-corrected chi connectivity index (χ0v) is 11.0.